The highest BCUT2D eigenvalue weighted by molar-refractivity contribution is 7.09. The van der Waals surface area contributed by atoms with Gasteiger partial charge in [0.15, 0.2) is 0 Å². The van der Waals surface area contributed by atoms with Crippen molar-refractivity contribution in [3.8, 4) is 0 Å². The fraction of sp³-hybridized carbons (Fsp3) is 0.769. The second-order valence-corrected chi connectivity index (χ2v) is 6.19. The molecule has 1 fully saturated rings. The topological polar surface area (TPSA) is 24.9 Å². The number of hydrogen-bond donors (Lipinski definition) is 1. The maximum absolute atomic E-state index is 4.74. The molecule has 1 aliphatic heterocycles. The first kappa shape index (κ1) is 12.1. The van der Waals surface area contributed by atoms with Gasteiger partial charge in [-0.15, -0.1) is 11.3 Å². The molecule has 0 spiro atoms. The summed E-state index contributed by atoms with van der Waals surface area (Å²) in [7, 11) is 0. The maximum Gasteiger partial charge on any atom is 0.0931 e. The summed E-state index contributed by atoms with van der Waals surface area (Å²) in [6.45, 7) is 6.89. The molecule has 0 aromatic carbocycles. The first-order valence-corrected chi connectivity index (χ1v) is 7.26. The summed E-state index contributed by atoms with van der Waals surface area (Å²) in [6.07, 6.45) is 5.00. The van der Waals surface area contributed by atoms with E-state index in [-0.39, 0.29) is 0 Å². The first-order chi connectivity index (χ1) is 7.74. The van der Waals surface area contributed by atoms with E-state index < -0.39 is 0 Å². The van der Waals surface area contributed by atoms with Gasteiger partial charge in [-0.3, -0.25) is 0 Å². The monoisotopic (exact) mass is 238 g/mol. The van der Waals surface area contributed by atoms with Crippen molar-refractivity contribution in [3.63, 3.8) is 0 Å². The lowest BCUT2D eigenvalue weighted by atomic mass is 9.97. The summed E-state index contributed by atoms with van der Waals surface area (Å²) in [4.78, 5) is 4.74. The molecule has 0 saturated carbocycles. The highest BCUT2D eigenvalue weighted by Crippen LogP contribution is 2.20. The van der Waals surface area contributed by atoms with E-state index in [0.717, 1.165) is 12.3 Å². The molecule has 2 nitrogen and oxygen atoms in total. The molecule has 0 aliphatic carbocycles. The van der Waals surface area contributed by atoms with E-state index in [2.05, 4.69) is 24.5 Å². The molecule has 0 radical (unpaired) electrons. The van der Waals surface area contributed by atoms with Crippen LogP contribution in [0.5, 0.6) is 0 Å². The molecule has 1 N–H and O–H groups in total. The van der Waals surface area contributed by atoms with E-state index in [9.17, 15) is 0 Å². The Balaban J connectivity index is 1.86. The van der Waals surface area contributed by atoms with Crippen LogP contribution in [0, 0.1) is 11.8 Å². The van der Waals surface area contributed by atoms with Crippen LogP contribution in [0.2, 0.25) is 0 Å². The fourth-order valence-corrected chi connectivity index (χ4v) is 3.22. The minimum absolute atomic E-state index is 0.714. The summed E-state index contributed by atoms with van der Waals surface area (Å²) in [5.74, 6) is 1.53. The van der Waals surface area contributed by atoms with Crippen molar-refractivity contribution in [2.75, 3.05) is 13.1 Å². The molecule has 2 heterocycles. The van der Waals surface area contributed by atoms with Crippen LogP contribution in [0.1, 0.15) is 37.4 Å². The highest BCUT2D eigenvalue weighted by Gasteiger charge is 2.15. The minimum atomic E-state index is 0.714. The van der Waals surface area contributed by atoms with Crippen molar-refractivity contribution in [2.45, 2.75) is 39.5 Å². The van der Waals surface area contributed by atoms with Crippen LogP contribution in [0.15, 0.2) is 5.38 Å². The third-order valence-electron chi connectivity index (χ3n) is 3.08. The second kappa shape index (κ2) is 5.78. The lowest BCUT2D eigenvalue weighted by Gasteiger charge is -2.21. The smallest absolute Gasteiger partial charge is 0.0931 e. The quantitative estimate of drug-likeness (QED) is 0.872. The second-order valence-electron chi connectivity index (χ2n) is 5.25. The summed E-state index contributed by atoms with van der Waals surface area (Å²) in [5, 5.41) is 7.05. The van der Waals surface area contributed by atoms with Gasteiger partial charge in [0, 0.05) is 11.8 Å². The standard InChI is InChI=1S/C13H22N2S/c1-10(2)6-12-9-16-13(15-12)7-11-4-3-5-14-8-11/h9-11,14H,3-8H2,1-2H3. The number of thiazole rings is 1. The van der Waals surface area contributed by atoms with E-state index in [1.165, 1.54) is 43.1 Å². The molecule has 1 aromatic rings. The van der Waals surface area contributed by atoms with Crippen LogP contribution in [0.25, 0.3) is 0 Å². The molecule has 2 rings (SSSR count). The Morgan fingerprint density at radius 2 is 2.44 bits per heavy atom. The van der Waals surface area contributed by atoms with Crippen LogP contribution in [0.4, 0.5) is 0 Å². The van der Waals surface area contributed by atoms with Gasteiger partial charge in [0.05, 0.1) is 10.7 Å². The molecule has 1 unspecified atom stereocenters. The van der Waals surface area contributed by atoms with E-state index in [4.69, 9.17) is 4.98 Å². The van der Waals surface area contributed by atoms with Crippen LogP contribution >= 0.6 is 11.3 Å². The van der Waals surface area contributed by atoms with Gasteiger partial charge in [-0.25, -0.2) is 4.98 Å². The minimum Gasteiger partial charge on any atom is -0.316 e. The number of rotatable bonds is 4. The first-order valence-electron chi connectivity index (χ1n) is 6.38. The van der Waals surface area contributed by atoms with Gasteiger partial charge in [0.1, 0.15) is 0 Å². The van der Waals surface area contributed by atoms with Crippen molar-refractivity contribution in [1.82, 2.24) is 10.3 Å². The van der Waals surface area contributed by atoms with E-state index >= 15 is 0 Å². The Hall–Kier alpha value is -0.410. The Morgan fingerprint density at radius 1 is 1.56 bits per heavy atom. The van der Waals surface area contributed by atoms with Crippen LogP contribution in [0.3, 0.4) is 0 Å². The van der Waals surface area contributed by atoms with Crippen molar-refractivity contribution >= 4 is 11.3 Å². The normalized spacial score (nSPS) is 21.6. The summed E-state index contributed by atoms with van der Waals surface area (Å²) in [5.41, 5.74) is 1.29. The number of hydrogen-bond acceptors (Lipinski definition) is 3. The average Bonchev–Trinajstić information content (AvgIpc) is 2.66. The predicted octanol–water partition coefficient (Wildman–Crippen LogP) is 2.88. The molecule has 1 aromatic heterocycles. The molecule has 3 heteroatoms. The summed E-state index contributed by atoms with van der Waals surface area (Å²) < 4.78 is 0. The Morgan fingerprint density at radius 3 is 3.12 bits per heavy atom. The van der Waals surface area contributed by atoms with Crippen molar-refractivity contribution < 1.29 is 0 Å². The largest absolute Gasteiger partial charge is 0.316 e. The van der Waals surface area contributed by atoms with Gasteiger partial charge >= 0.3 is 0 Å². The predicted molar refractivity (Wildman–Crippen MR) is 70.0 cm³/mol. The Bertz CT molecular complexity index is 313. The molecule has 0 bridgehead atoms. The van der Waals surface area contributed by atoms with E-state index in [0.29, 0.717) is 5.92 Å². The zero-order chi connectivity index (χ0) is 11.4. The van der Waals surface area contributed by atoms with Gasteiger partial charge in [0.25, 0.3) is 0 Å². The van der Waals surface area contributed by atoms with E-state index in [1.54, 1.807) is 0 Å². The third-order valence-corrected chi connectivity index (χ3v) is 4.00. The number of nitrogens with zero attached hydrogens (tertiary/aromatic N) is 1. The highest BCUT2D eigenvalue weighted by atomic mass is 32.1. The lowest BCUT2D eigenvalue weighted by Crippen LogP contribution is -2.30. The van der Waals surface area contributed by atoms with Crippen molar-refractivity contribution in [2.24, 2.45) is 11.8 Å². The number of piperidine rings is 1. The summed E-state index contributed by atoms with van der Waals surface area (Å²) >= 11 is 1.85. The lowest BCUT2D eigenvalue weighted by molar-refractivity contribution is 0.375. The molecule has 16 heavy (non-hydrogen) atoms. The third kappa shape index (κ3) is 3.56. The molecular formula is C13H22N2S. The molecule has 1 saturated heterocycles. The molecule has 1 aliphatic rings. The van der Waals surface area contributed by atoms with Gasteiger partial charge in [-0.05, 0) is 44.2 Å². The molecular weight excluding hydrogens is 216 g/mol. The Kier molecular flexibility index (Phi) is 4.36. The zero-order valence-electron chi connectivity index (χ0n) is 10.3. The summed E-state index contributed by atoms with van der Waals surface area (Å²) in [6, 6.07) is 0. The number of nitrogens with one attached hydrogen (secondary N) is 1. The van der Waals surface area contributed by atoms with Crippen LogP contribution in [-0.4, -0.2) is 18.1 Å². The van der Waals surface area contributed by atoms with E-state index in [1.807, 2.05) is 11.3 Å². The fourth-order valence-electron chi connectivity index (χ4n) is 2.30. The number of aromatic nitrogens is 1. The van der Waals surface area contributed by atoms with Crippen LogP contribution < -0.4 is 5.32 Å². The Labute approximate surface area is 102 Å². The van der Waals surface area contributed by atoms with Crippen LogP contribution in [-0.2, 0) is 12.8 Å². The van der Waals surface area contributed by atoms with Gasteiger partial charge < -0.3 is 5.32 Å². The van der Waals surface area contributed by atoms with Gasteiger partial charge in [-0.1, -0.05) is 13.8 Å². The molecule has 1 atom stereocenters. The van der Waals surface area contributed by atoms with Crippen molar-refractivity contribution in [3.05, 3.63) is 16.1 Å². The van der Waals surface area contributed by atoms with Gasteiger partial charge in [0.2, 0.25) is 0 Å². The maximum atomic E-state index is 4.74. The molecule has 90 valence electrons. The van der Waals surface area contributed by atoms with Crippen molar-refractivity contribution in [1.29, 1.82) is 0 Å². The molecule has 0 amide bonds. The average molecular weight is 238 g/mol. The SMILES string of the molecule is CC(C)Cc1csc(CC2CCCNC2)n1. The zero-order valence-corrected chi connectivity index (χ0v) is 11.1. The van der Waals surface area contributed by atoms with Gasteiger partial charge in [-0.2, -0.15) is 0 Å².